The van der Waals surface area contributed by atoms with E-state index in [-0.39, 0.29) is 6.17 Å². The Bertz CT molecular complexity index is 6720. The van der Waals surface area contributed by atoms with Crippen molar-refractivity contribution in [3.8, 4) is 39.8 Å². The van der Waals surface area contributed by atoms with Crippen molar-refractivity contribution in [2.24, 2.45) is 0 Å². The molecule has 0 saturated heterocycles. The van der Waals surface area contributed by atoms with Crippen molar-refractivity contribution in [1.29, 1.82) is 0 Å². The average molecular weight is 1230 g/mol. The molecule has 8 heterocycles. The van der Waals surface area contributed by atoms with Crippen molar-refractivity contribution in [3.05, 3.63) is 333 Å². The molecule has 8 nitrogen and oxygen atoms in total. The number of para-hydroxylation sites is 7. The number of nitrogens with one attached hydrogen (secondary N) is 1. The van der Waals surface area contributed by atoms with E-state index in [2.05, 4.69) is 360 Å². The SMILES string of the molecule is C1=CC(n2c3ccccc3c3ccc4c(c5ccccc5n4-c4cc(-n5c6ccccc6c6c5ccc5c7ccccc7n(-c7cccc(-c8ccccc8)n7)c56)cc(-n5c6ccccc6c6ccc7c8ccccc8n(-c8ccccc8)c7c65)c4)c32)NC(c2ccccc2)=C1. The van der Waals surface area contributed by atoms with Crippen molar-refractivity contribution in [1.82, 2.24) is 37.7 Å². The fourth-order valence-electron chi connectivity index (χ4n) is 16.5. The molecule has 1 N–H and O–H groups in total. The van der Waals surface area contributed by atoms with Crippen molar-refractivity contribution >= 4 is 137 Å². The number of nitrogens with zero attached hydrogens (tertiary/aromatic N) is 7. The minimum atomic E-state index is -0.182. The van der Waals surface area contributed by atoms with Crippen LogP contribution in [0.1, 0.15) is 11.7 Å². The molecule has 13 aromatic carbocycles. The zero-order chi connectivity index (χ0) is 62.7. The molecule has 0 aliphatic carbocycles. The Labute approximate surface area is 550 Å². The van der Waals surface area contributed by atoms with Crippen LogP contribution < -0.4 is 5.32 Å². The van der Waals surface area contributed by atoms with E-state index in [1.54, 1.807) is 0 Å². The molecular weight excluding hydrogens is 1170 g/mol. The lowest BCUT2D eigenvalue weighted by Crippen LogP contribution is -2.25. The fourth-order valence-corrected chi connectivity index (χ4v) is 16.5. The highest BCUT2D eigenvalue weighted by Crippen LogP contribution is 2.48. The highest BCUT2D eigenvalue weighted by molar-refractivity contribution is 6.28. The predicted molar refractivity (Wildman–Crippen MR) is 400 cm³/mol. The van der Waals surface area contributed by atoms with Crippen LogP contribution >= 0.6 is 0 Å². The summed E-state index contributed by atoms with van der Waals surface area (Å²) in [7, 11) is 0. The Morgan fingerprint density at radius 3 is 1.24 bits per heavy atom. The molecule has 8 heteroatoms. The van der Waals surface area contributed by atoms with E-state index >= 15 is 0 Å². The van der Waals surface area contributed by atoms with Crippen molar-refractivity contribution < 1.29 is 0 Å². The maximum Gasteiger partial charge on any atom is 0.138 e. The standard InChI is InChI=1S/C88H56N8/c1-4-24-55(25-5-1)71-36-22-44-81(89-71)95-75-40-18-12-30-61(75)65-48-50-79-83(85(65)95)69-34-14-20-42-77(69)91(79)58-52-59(54-60(53-58)94-74-39-17-11-33-64(74)68-47-46-67-63-32-10-16-38-73(63)93(87(67)88(68)94)57-28-8-3-9-29-57)92-78-43-21-15-35-70(78)84-80(92)51-49-66-62-31-13-19-41-76(62)96(86(66)84)82-45-23-37-72(90-82)56-26-6-2-7-27-56/h1-54,81,89H. The topological polar surface area (TPSA) is 54.5 Å². The molecule has 1 aliphatic heterocycles. The van der Waals surface area contributed by atoms with Gasteiger partial charge in [-0.2, -0.15) is 0 Å². The molecule has 0 radical (unpaired) electrons. The second kappa shape index (κ2) is 20.3. The Kier molecular flexibility index (Phi) is 11.1. The smallest absolute Gasteiger partial charge is 0.138 e. The summed E-state index contributed by atoms with van der Waals surface area (Å²) in [6, 6.07) is 114. The molecule has 0 saturated carbocycles. The number of fused-ring (bicyclic) bond motifs is 21. The number of rotatable bonds is 8. The Hall–Kier alpha value is -12.9. The van der Waals surface area contributed by atoms with E-state index in [9.17, 15) is 0 Å². The quantitative estimate of drug-likeness (QED) is 0.165. The molecule has 0 amide bonds. The molecule has 0 spiro atoms. The van der Waals surface area contributed by atoms with Crippen molar-refractivity contribution in [2.45, 2.75) is 6.17 Å². The van der Waals surface area contributed by atoms with Crippen LogP contribution in [0.5, 0.6) is 0 Å². The summed E-state index contributed by atoms with van der Waals surface area (Å²) in [6.07, 6.45) is 6.51. The molecule has 7 aromatic heterocycles. The normalized spacial score (nSPS) is 13.6. The van der Waals surface area contributed by atoms with Gasteiger partial charge in [0.15, 0.2) is 0 Å². The number of aromatic nitrogens is 7. The maximum absolute atomic E-state index is 5.49. The third-order valence-corrected chi connectivity index (χ3v) is 20.4. The zero-order valence-electron chi connectivity index (χ0n) is 51.9. The first-order chi connectivity index (χ1) is 47.7. The predicted octanol–water partition coefficient (Wildman–Crippen LogP) is 22.0. The molecule has 0 bridgehead atoms. The number of allylic oxidation sites excluding steroid dienone is 2. The first-order valence-electron chi connectivity index (χ1n) is 33.0. The average Bonchev–Trinajstić information content (AvgIpc) is 1.55. The van der Waals surface area contributed by atoms with Crippen LogP contribution in [0.3, 0.4) is 0 Å². The van der Waals surface area contributed by atoms with Gasteiger partial charge in [0.25, 0.3) is 0 Å². The highest BCUT2D eigenvalue weighted by atomic mass is 15.2. The first-order valence-corrected chi connectivity index (χ1v) is 33.0. The summed E-state index contributed by atoms with van der Waals surface area (Å²) >= 11 is 0. The van der Waals surface area contributed by atoms with Gasteiger partial charge in [-0.3, -0.25) is 4.57 Å². The summed E-state index contributed by atoms with van der Waals surface area (Å²) in [5.74, 6) is 0.865. The molecule has 1 unspecified atom stereocenters. The number of hydrogen-bond donors (Lipinski definition) is 1. The van der Waals surface area contributed by atoms with E-state index in [1.807, 2.05) is 0 Å². The highest BCUT2D eigenvalue weighted by Gasteiger charge is 2.28. The van der Waals surface area contributed by atoms with Crippen LogP contribution in [0, 0.1) is 0 Å². The lowest BCUT2D eigenvalue weighted by Gasteiger charge is -2.25. The number of pyridine rings is 1. The fraction of sp³-hybridized carbons (Fsp3) is 0.0114. The van der Waals surface area contributed by atoms with Crippen LogP contribution in [-0.2, 0) is 0 Å². The van der Waals surface area contributed by atoms with Crippen molar-refractivity contribution in [2.75, 3.05) is 0 Å². The Morgan fingerprint density at radius 2 is 0.677 bits per heavy atom. The lowest BCUT2D eigenvalue weighted by molar-refractivity contribution is 0.590. The molecule has 21 rings (SSSR count). The number of dihydropyridines is 1. The summed E-state index contributed by atoms with van der Waals surface area (Å²) in [4.78, 5) is 5.49. The molecule has 0 fully saturated rings. The van der Waals surface area contributed by atoms with E-state index in [0.717, 1.165) is 117 Å². The van der Waals surface area contributed by atoms with Crippen LogP contribution in [0.2, 0.25) is 0 Å². The molecule has 448 valence electrons. The van der Waals surface area contributed by atoms with Crippen LogP contribution in [0.15, 0.2) is 328 Å². The summed E-state index contributed by atoms with van der Waals surface area (Å²) in [5.41, 5.74) is 22.0. The number of hydrogen-bond acceptors (Lipinski definition) is 2. The van der Waals surface area contributed by atoms with Gasteiger partial charge < -0.3 is 28.2 Å². The van der Waals surface area contributed by atoms with Crippen molar-refractivity contribution in [3.63, 3.8) is 0 Å². The second-order valence-electron chi connectivity index (χ2n) is 25.4. The van der Waals surface area contributed by atoms with Gasteiger partial charge in [-0.05, 0) is 109 Å². The summed E-state index contributed by atoms with van der Waals surface area (Å²) in [6.45, 7) is 0. The van der Waals surface area contributed by atoms with Gasteiger partial charge in [0.1, 0.15) is 12.0 Å². The molecule has 96 heavy (non-hydrogen) atoms. The van der Waals surface area contributed by atoms with Gasteiger partial charge in [-0.1, -0.05) is 224 Å². The zero-order valence-corrected chi connectivity index (χ0v) is 51.9. The monoisotopic (exact) mass is 1220 g/mol. The van der Waals surface area contributed by atoms with Gasteiger partial charge in [0.2, 0.25) is 0 Å². The molecule has 1 aliphatic rings. The number of benzene rings is 13. The second-order valence-corrected chi connectivity index (χ2v) is 25.4. The minimum Gasteiger partial charge on any atom is -0.361 e. The van der Waals surface area contributed by atoms with Crippen LogP contribution in [0.4, 0.5) is 0 Å². The van der Waals surface area contributed by atoms with Gasteiger partial charge in [0, 0.05) is 81.6 Å². The minimum absolute atomic E-state index is 0.182. The van der Waals surface area contributed by atoms with E-state index in [1.165, 1.54) is 64.9 Å². The first kappa shape index (κ1) is 52.7. The van der Waals surface area contributed by atoms with Crippen LogP contribution in [0.25, 0.3) is 176 Å². The van der Waals surface area contributed by atoms with E-state index in [0.29, 0.717) is 0 Å². The summed E-state index contributed by atoms with van der Waals surface area (Å²) in [5, 5.41) is 18.2. The largest absolute Gasteiger partial charge is 0.361 e. The van der Waals surface area contributed by atoms with Gasteiger partial charge >= 0.3 is 0 Å². The van der Waals surface area contributed by atoms with E-state index in [4.69, 9.17) is 4.98 Å². The third-order valence-electron chi connectivity index (χ3n) is 20.4. The van der Waals surface area contributed by atoms with Gasteiger partial charge in [0.05, 0.1) is 89.0 Å². The lowest BCUT2D eigenvalue weighted by atomic mass is 10.1. The van der Waals surface area contributed by atoms with Gasteiger partial charge in [-0.15, -0.1) is 0 Å². The Morgan fingerprint density at radius 1 is 0.271 bits per heavy atom. The third kappa shape index (κ3) is 7.46. The Balaban J connectivity index is 0.897. The van der Waals surface area contributed by atoms with Crippen LogP contribution in [-0.4, -0.2) is 32.4 Å². The van der Waals surface area contributed by atoms with E-state index < -0.39 is 0 Å². The maximum atomic E-state index is 5.49. The molecular formula is C88H56N8. The molecule has 1 atom stereocenters. The summed E-state index contributed by atoms with van der Waals surface area (Å²) < 4.78 is 15.1. The molecule has 20 aromatic rings. The van der Waals surface area contributed by atoms with Gasteiger partial charge in [-0.25, -0.2) is 4.98 Å².